The Morgan fingerprint density at radius 3 is 2.56 bits per heavy atom. The van der Waals surface area contributed by atoms with E-state index in [0.29, 0.717) is 0 Å². The van der Waals surface area contributed by atoms with Gasteiger partial charge in [-0.25, -0.2) is 0 Å². The van der Waals surface area contributed by atoms with E-state index < -0.39 is 5.97 Å². The minimum atomic E-state index is -0.713. The molecule has 1 unspecified atom stereocenters. The molecule has 0 aromatic carbocycles. The van der Waals surface area contributed by atoms with Crippen LogP contribution >= 0.6 is 0 Å². The fourth-order valence-corrected chi connectivity index (χ4v) is 2.20. The number of hydrogen-bond donors (Lipinski definition) is 2. The molecule has 0 spiro atoms. The zero-order valence-electron chi connectivity index (χ0n) is 11.8. The van der Waals surface area contributed by atoms with Gasteiger partial charge in [0.05, 0.1) is 0 Å². The Bertz CT molecular complexity index is 242. The van der Waals surface area contributed by atoms with Crippen LogP contribution in [0.4, 0.5) is 0 Å². The van der Waals surface area contributed by atoms with Gasteiger partial charge in [0.1, 0.15) is 6.04 Å². The number of carboxylic acid groups (broad SMARTS) is 1. The Hall–Kier alpha value is -0.610. The molecule has 106 valence electrons. The molecule has 1 fully saturated rings. The van der Waals surface area contributed by atoms with E-state index in [1.54, 1.807) is 0 Å². The van der Waals surface area contributed by atoms with Gasteiger partial charge in [-0.15, -0.1) is 0 Å². The average molecular weight is 256 g/mol. The fourth-order valence-electron chi connectivity index (χ4n) is 2.20. The Morgan fingerprint density at radius 2 is 2.06 bits per heavy atom. The molecule has 0 radical (unpaired) electrons. The summed E-state index contributed by atoms with van der Waals surface area (Å²) in [6.07, 6.45) is 6.71. The van der Waals surface area contributed by atoms with Crippen LogP contribution in [0.25, 0.3) is 0 Å². The topological polar surface area (TPSA) is 52.6 Å². The van der Waals surface area contributed by atoms with Crippen LogP contribution in [0.1, 0.15) is 52.4 Å². The summed E-state index contributed by atoms with van der Waals surface area (Å²) >= 11 is 0. The van der Waals surface area contributed by atoms with Gasteiger partial charge in [0.2, 0.25) is 0 Å². The fraction of sp³-hybridized carbons (Fsp3) is 0.929. The third kappa shape index (κ3) is 5.83. The van der Waals surface area contributed by atoms with Gasteiger partial charge >= 0.3 is 5.97 Å². The molecule has 1 aliphatic carbocycles. The molecular formula is C14H28N2O2. The van der Waals surface area contributed by atoms with E-state index in [4.69, 9.17) is 5.11 Å². The Balaban J connectivity index is 2.30. The van der Waals surface area contributed by atoms with Crippen LogP contribution in [0.2, 0.25) is 0 Å². The summed E-state index contributed by atoms with van der Waals surface area (Å²) < 4.78 is 0. The number of hydrogen-bond acceptors (Lipinski definition) is 3. The summed E-state index contributed by atoms with van der Waals surface area (Å²) in [5.41, 5.74) is 0. The predicted octanol–water partition coefficient (Wildman–Crippen LogP) is 2.09. The minimum Gasteiger partial charge on any atom is -0.480 e. The van der Waals surface area contributed by atoms with E-state index in [0.717, 1.165) is 38.5 Å². The van der Waals surface area contributed by atoms with Crippen LogP contribution in [-0.4, -0.2) is 47.7 Å². The van der Waals surface area contributed by atoms with Crippen molar-refractivity contribution in [2.24, 2.45) is 0 Å². The van der Waals surface area contributed by atoms with Gasteiger partial charge < -0.3 is 15.3 Å². The average Bonchev–Trinajstić information content (AvgIpc) is 3.16. The highest BCUT2D eigenvalue weighted by Crippen LogP contribution is 2.27. The van der Waals surface area contributed by atoms with E-state index in [9.17, 15) is 4.79 Å². The van der Waals surface area contributed by atoms with Crippen LogP contribution in [0.3, 0.4) is 0 Å². The largest absolute Gasteiger partial charge is 0.480 e. The van der Waals surface area contributed by atoms with Crippen molar-refractivity contribution in [1.29, 1.82) is 0 Å². The van der Waals surface area contributed by atoms with E-state index in [1.807, 2.05) is 0 Å². The molecule has 1 saturated carbocycles. The minimum absolute atomic E-state index is 0.382. The highest BCUT2D eigenvalue weighted by Gasteiger charge is 2.29. The maximum atomic E-state index is 11.1. The van der Waals surface area contributed by atoms with Crippen LogP contribution in [-0.2, 0) is 4.79 Å². The first-order valence-corrected chi connectivity index (χ1v) is 7.39. The van der Waals surface area contributed by atoms with Crippen molar-refractivity contribution < 1.29 is 9.90 Å². The Labute approximate surface area is 111 Å². The lowest BCUT2D eigenvalue weighted by atomic mass is 10.2. The van der Waals surface area contributed by atoms with Crippen molar-refractivity contribution in [3.05, 3.63) is 0 Å². The molecule has 0 heterocycles. The van der Waals surface area contributed by atoms with Crippen molar-refractivity contribution in [3.8, 4) is 0 Å². The molecule has 1 rings (SSSR count). The smallest absolute Gasteiger partial charge is 0.320 e. The second-order valence-electron chi connectivity index (χ2n) is 5.25. The molecule has 0 bridgehead atoms. The second-order valence-corrected chi connectivity index (χ2v) is 5.25. The normalized spacial score (nSPS) is 17.1. The van der Waals surface area contributed by atoms with E-state index in [2.05, 4.69) is 24.1 Å². The molecular weight excluding hydrogens is 228 g/mol. The molecule has 18 heavy (non-hydrogen) atoms. The molecule has 0 aromatic rings. The summed E-state index contributed by atoms with van der Waals surface area (Å²) in [7, 11) is 0. The van der Waals surface area contributed by atoms with Gasteiger partial charge in [-0.1, -0.05) is 20.3 Å². The molecule has 1 aliphatic rings. The Morgan fingerprint density at radius 1 is 1.33 bits per heavy atom. The number of unbranched alkanes of at least 4 members (excludes halogenated alkanes) is 1. The van der Waals surface area contributed by atoms with Gasteiger partial charge in [0, 0.05) is 12.6 Å². The summed E-state index contributed by atoms with van der Waals surface area (Å²) in [4.78, 5) is 13.6. The summed E-state index contributed by atoms with van der Waals surface area (Å²) in [6, 6.07) is 0.352. The highest BCUT2D eigenvalue weighted by atomic mass is 16.4. The van der Waals surface area contributed by atoms with Crippen molar-refractivity contribution in [1.82, 2.24) is 10.2 Å². The van der Waals surface area contributed by atoms with Gasteiger partial charge in [-0.3, -0.25) is 4.79 Å². The lowest BCUT2D eigenvalue weighted by Crippen LogP contribution is -2.41. The second kappa shape index (κ2) is 8.48. The van der Waals surface area contributed by atoms with Crippen LogP contribution in [0.15, 0.2) is 0 Å². The van der Waals surface area contributed by atoms with Crippen molar-refractivity contribution >= 4 is 5.97 Å². The summed E-state index contributed by atoms with van der Waals surface area (Å²) in [6.45, 7) is 7.09. The van der Waals surface area contributed by atoms with Crippen LogP contribution < -0.4 is 5.32 Å². The first-order valence-electron chi connectivity index (χ1n) is 7.39. The quantitative estimate of drug-likeness (QED) is 0.594. The number of rotatable bonds is 11. The molecule has 4 nitrogen and oxygen atoms in total. The van der Waals surface area contributed by atoms with Crippen LogP contribution in [0, 0.1) is 0 Å². The predicted molar refractivity (Wildman–Crippen MR) is 73.8 cm³/mol. The summed E-state index contributed by atoms with van der Waals surface area (Å²) in [5.74, 6) is -0.713. The van der Waals surface area contributed by atoms with E-state index in [1.165, 1.54) is 25.7 Å². The lowest BCUT2D eigenvalue weighted by molar-refractivity contribution is -0.139. The molecule has 2 N–H and O–H groups in total. The van der Waals surface area contributed by atoms with Crippen molar-refractivity contribution in [3.63, 3.8) is 0 Å². The Kier molecular flexibility index (Phi) is 7.28. The molecule has 0 aliphatic heterocycles. The molecule has 0 aromatic heterocycles. The maximum absolute atomic E-state index is 11.1. The SMILES string of the molecule is CCCCN(CCC(NCCC)C(=O)O)C1CC1. The number of carboxylic acids is 1. The maximum Gasteiger partial charge on any atom is 0.320 e. The summed E-state index contributed by atoms with van der Waals surface area (Å²) in [5, 5.41) is 12.3. The molecule has 4 heteroatoms. The van der Waals surface area contributed by atoms with Gasteiger partial charge in [-0.2, -0.15) is 0 Å². The van der Waals surface area contributed by atoms with Gasteiger partial charge in [-0.05, 0) is 45.2 Å². The zero-order valence-corrected chi connectivity index (χ0v) is 11.8. The first-order chi connectivity index (χ1) is 8.69. The van der Waals surface area contributed by atoms with Crippen molar-refractivity contribution in [2.45, 2.75) is 64.5 Å². The number of aliphatic carboxylic acids is 1. The van der Waals surface area contributed by atoms with E-state index >= 15 is 0 Å². The highest BCUT2D eigenvalue weighted by molar-refractivity contribution is 5.73. The third-order valence-corrected chi connectivity index (χ3v) is 3.51. The lowest BCUT2D eigenvalue weighted by Gasteiger charge is -2.24. The number of carbonyl (C=O) groups is 1. The standard InChI is InChI=1S/C14H28N2O2/c1-3-5-10-16(12-6-7-12)11-8-13(14(17)18)15-9-4-2/h12-13,15H,3-11H2,1-2H3,(H,17,18). The number of nitrogens with zero attached hydrogens (tertiary/aromatic N) is 1. The molecule has 0 amide bonds. The first kappa shape index (κ1) is 15.4. The van der Waals surface area contributed by atoms with E-state index in [-0.39, 0.29) is 6.04 Å². The van der Waals surface area contributed by atoms with Gasteiger partial charge in [0.25, 0.3) is 0 Å². The molecule has 0 saturated heterocycles. The van der Waals surface area contributed by atoms with Crippen molar-refractivity contribution in [2.75, 3.05) is 19.6 Å². The van der Waals surface area contributed by atoms with Crippen LogP contribution in [0.5, 0.6) is 0 Å². The third-order valence-electron chi connectivity index (χ3n) is 3.51. The molecule has 1 atom stereocenters. The number of nitrogens with one attached hydrogen (secondary N) is 1. The van der Waals surface area contributed by atoms with Gasteiger partial charge in [0.15, 0.2) is 0 Å². The monoisotopic (exact) mass is 256 g/mol. The zero-order chi connectivity index (χ0) is 13.4.